The molecule has 1 aromatic heterocycles. The normalized spacial score (nSPS) is 10.4. The van der Waals surface area contributed by atoms with Gasteiger partial charge in [0.15, 0.2) is 0 Å². The molecule has 4 nitrogen and oxygen atoms in total. The van der Waals surface area contributed by atoms with Crippen molar-refractivity contribution in [2.45, 2.75) is 33.1 Å². The van der Waals surface area contributed by atoms with Gasteiger partial charge < -0.3 is 10.6 Å². The fourth-order valence-electron chi connectivity index (χ4n) is 2.00. The maximum atomic E-state index is 5.99. The summed E-state index contributed by atoms with van der Waals surface area (Å²) in [5.74, 6) is 1.43. The van der Waals surface area contributed by atoms with E-state index < -0.39 is 0 Å². The summed E-state index contributed by atoms with van der Waals surface area (Å²) in [4.78, 5) is 8.88. The quantitative estimate of drug-likeness (QED) is 0.722. The number of aryl methyl sites for hydroxylation is 1. The molecule has 1 aromatic carbocycles. The highest BCUT2D eigenvalue weighted by molar-refractivity contribution is 6.30. The minimum Gasteiger partial charge on any atom is -0.354 e. The van der Waals surface area contributed by atoms with E-state index in [0.717, 1.165) is 30.2 Å². The van der Waals surface area contributed by atoms with Crippen molar-refractivity contribution >= 4 is 29.1 Å². The van der Waals surface area contributed by atoms with E-state index in [-0.39, 0.29) is 0 Å². The average molecular weight is 305 g/mol. The number of hydrogen-bond donors (Lipinski definition) is 2. The van der Waals surface area contributed by atoms with Crippen LogP contribution in [0, 0.1) is 6.92 Å². The first-order chi connectivity index (χ1) is 10.2. The highest BCUT2D eigenvalue weighted by atomic mass is 35.5. The average Bonchev–Trinajstić information content (AvgIpc) is 2.43. The summed E-state index contributed by atoms with van der Waals surface area (Å²) in [5, 5.41) is 7.22. The Labute approximate surface area is 131 Å². The maximum absolute atomic E-state index is 5.99. The van der Waals surface area contributed by atoms with Crippen LogP contribution in [0.15, 0.2) is 30.3 Å². The van der Waals surface area contributed by atoms with Crippen LogP contribution in [0.2, 0.25) is 5.02 Å². The number of nitrogens with zero attached hydrogens (tertiary/aromatic N) is 2. The molecule has 0 radical (unpaired) electrons. The Morgan fingerprint density at radius 2 is 2.00 bits per heavy atom. The molecule has 0 amide bonds. The molecule has 1 heterocycles. The summed E-state index contributed by atoms with van der Waals surface area (Å²) in [5.41, 5.74) is 1.84. The van der Waals surface area contributed by atoms with Crippen molar-refractivity contribution in [1.29, 1.82) is 0 Å². The van der Waals surface area contributed by atoms with E-state index in [2.05, 4.69) is 27.5 Å². The zero-order chi connectivity index (χ0) is 15.1. The predicted molar refractivity (Wildman–Crippen MR) is 89.5 cm³/mol. The Morgan fingerprint density at radius 1 is 1.14 bits per heavy atom. The Kier molecular flexibility index (Phi) is 5.81. The first-order valence-corrected chi connectivity index (χ1v) is 7.67. The Hall–Kier alpha value is -1.81. The van der Waals surface area contributed by atoms with Gasteiger partial charge in [-0.2, -0.15) is 4.98 Å². The fourth-order valence-corrected chi connectivity index (χ4v) is 2.19. The Morgan fingerprint density at radius 3 is 2.76 bits per heavy atom. The van der Waals surface area contributed by atoms with Crippen molar-refractivity contribution in [2.75, 3.05) is 17.2 Å². The lowest BCUT2D eigenvalue weighted by molar-refractivity contribution is 0.740. The first-order valence-electron chi connectivity index (χ1n) is 7.29. The minimum atomic E-state index is 0.663. The molecule has 0 atom stereocenters. The molecule has 0 bridgehead atoms. The van der Waals surface area contributed by atoms with Crippen molar-refractivity contribution in [3.05, 3.63) is 41.0 Å². The molecule has 112 valence electrons. The molecule has 2 rings (SSSR count). The number of benzene rings is 1. The molecule has 0 aliphatic rings. The van der Waals surface area contributed by atoms with E-state index in [9.17, 15) is 0 Å². The van der Waals surface area contributed by atoms with Crippen molar-refractivity contribution < 1.29 is 0 Å². The van der Waals surface area contributed by atoms with Gasteiger partial charge in [-0.1, -0.05) is 37.4 Å². The van der Waals surface area contributed by atoms with E-state index in [1.165, 1.54) is 12.8 Å². The van der Waals surface area contributed by atoms with Crippen LogP contribution in [0.5, 0.6) is 0 Å². The largest absolute Gasteiger partial charge is 0.354 e. The predicted octanol–water partition coefficient (Wildman–Crippen LogP) is 4.78. The molecule has 5 heteroatoms. The Balaban J connectivity index is 2.04. The van der Waals surface area contributed by atoms with Gasteiger partial charge in [-0.15, -0.1) is 0 Å². The lowest BCUT2D eigenvalue weighted by Gasteiger charge is -2.10. The monoisotopic (exact) mass is 304 g/mol. The number of halogens is 1. The standard InChI is InChI=1S/C16H21ClN4/c1-3-4-5-9-18-16-19-12(2)10-15(21-16)20-14-8-6-7-13(17)11-14/h6-8,10-11H,3-5,9H2,1-2H3,(H2,18,19,20,21). The van der Waals surface area contributed by atoms with Crippen LogP contribution in [0.3, 0.4) is 0 Å². The fraction of sp³-hybridized carbons (Fsp3) is 0.375. The highest BCUT2D eigenvalue weighted by Crippen LogP contribution is 2.20. The summed E-state index contributed by atoms with van der Waals surface area (Å²) in [6, 6.07) is 9.49. The van der Waals surface area contributed by atoms with Crippen LogP contribution >= 0.6 is 11.6 Å². The van der Waals surface area contributed by atoms with E-state index in [1.807, 2.05) is 37.3 Å². The van der Waals surface area contributed by atoms with E-state index in [1.54, 1.807) is 0 Å². The van der Waals surface area contributed by atoms with E-state index in [0.29, 0.717) is 11.0 Å². The van der Waals surface area contributed by atoms with Gasteiger partial charge in [-0.05, 0) is 31.5 Å². The second-order valence-corrected chi connectivity index (χ2v) is 5.42. The molecule has 0 saturated carbocycles. The molecule has 0 aliphatic carbocycles. The van der Waals surface area contributed by atoms with Gasteiger partial charge >= 0.3 is 0 Å². The number of rotatable bonds is 7. The number of nitrogens with one attached hydrogen (secondary N) is 2. The molecule has 2 N–H and O–H groups in total. The van der Waals surface area contributed by atoms with Crippen molar-refractivity contribution in [3.63, 3.8) is 0 Å². The third-order valence-corrected chi connectivity index (χ3v) is 3.25. The van der Waals surface area contributed by atoms with Gasteiger partial charge in [0, 0.05) is 29.0 Å². The van der Waals surface area contributed by atoms with E-state index >= 15 is 0 Å². The second-order valence-electron chi connectivity index (χ2n) is 4.99. The van der Waals surface area contributed by atoms with Crippen molar-refractivity contribution in [2.24, 2.45) is 0 Å². The molecule has 21 heavy (non-hydrogen) atoms. The second kappa shape index (κ2) is 7.84. The van der Waals surface area contributed by atoms with Crippen LogP contribution < -0.4 is 10.6 Å². The van der Waals surface area contributed by atoms with E-state index in [4.69, 9.17) is 11.6 Å². The first kappa shape index (κ1) is 15.6. The molecule has 0 saturated heterocycles. The van der Waals surface area contributed by atoms with Crippen molar-refractivity contribution in [1.82, 2.24) is 9.97 Å². The molecule has 0 spiro atoms. The van der Waals surface area contributed by atoms with Gasteiger partial charge in [-0.25, -0.2) is 4.98 Å². The Bertz CT molecular complexity index is 586. The van der Waals surface area contributed by atoms with Crippen LogP contribution in [0.25, 0.3) is 0 Å². The lowest BCUT2D eigenvalue weighted by atomic mass is 10.2. The summed E-state index contributed by atoms with van der Waals surface area (Å²) in [7, 11) is 0. The van der Waals surface area contributed by atoms with Crippen LogP contribution in [0.1, 0.15) is 31.9 Å². The molecule has 2 aromatic rings. The molecule has 0 aliphatic heterocycles. The summed E-state index contributed by atoms with van der Waals surface area (Å²) < 4.78 is 0. The maximum Gasteiger partial charge on any atom is 0.224 e. The number of unbranched alkanes of at least 4 members (excludes halogenated alkanes) is 2. The van der Waals surface area contributed by atoms with Gasteiger partial charge in [0.2, 0.25) is 5.95 Å². The summed E-state index contributed by atoms with van der Waals surface area (Å²) in [6.45, 7) is 5.05. The smallest absolute Gasteiger partial charge is 0.224 e. The SMILES string of the molecule is CCCCCNc1nc(C)cc(Nc2cccc(Cl)c2)n1. The van der Waals surface area contributed by atoms with Crippen LogP contribution in [-0.4, -0.2) is 16.5 Å². The summed E-state index contributed by atoms with van der Waals surface area (Å²) in [6.07, 6.45) is 3.55. The molecular weight excluding hydrogens is 284 g/mol. The number of anilines is 3. The number of hydrogen-bond acceptors (Lipinski definition) is 4. The molecular formula is C16H21ClN4. The molecule has 0 fully saturated rings. The third kappa shape index (κ3) is 5.23. The lowest BCUT2D eigenvalue weighted by Crippen LogP contribution is -2.07. The highest BCUT2D eigenvalue weighted by Gasteiger charge is 2.03. The van der Waals surface area contributed by atoms with Gasteiger partial charge in [-0.3, -0.25) is 0 Å². The van der Waals surface area contributed by atoms with Crippen LogP contribution in [-0.2, 0) is 0 Å². The van der Waals surface area contributed by atoms with Crippen molar-refractivity contribution in [3.8, 4) is 0 Å². The zero-order valence-corrected chi connectivity index (χ0v) is 13.2. The summed E-state index contributed by atoms with van der Waals surface area (Å²) >= 11 is 5.99. The minimum absolute atomic E-state index is 0.663. The van der Waals surface area contributed by atoms with Gasteiger partial charge in [0.05, 0.1) is 0 Å². The zero-order valence-electron chi connectivity index (χ0n) is 12.5. The third-order valence-electron chi connectivity index (χ3n) is 3.01. The van der Waals surface area contributed by atoms with Crippen LogP contribution in [0.4, 0.5) is 17.5 Å². The van der Waals surface area contributed by atoms with Gasteiger partial charge in [0.1, 0.15) is 5.82 Å². The topological polar surface area (TPSA) is 49.8 Å². The van der Waals surface area contributed by atoms with Gasteiger partial charge in [0.25, 0.3) is 0 Å². The number of aromatic nitrogens is 2. The molecule has 0 unspecified atom stereocenters.